The molecule has 6 heteroatoms. The summed E-state index contributed by atoms with van der Waals surface area (Å²) in [6.45, 7) is 1.78. The molecule has 0 atom stereocenters. The lowest BCUT2D eigenvalue weighted by Gasteiger charge is -2.39. The van der Waals surface area contributed by atoms with Gasteiger partial charge in [-0.3, -0.25) is 4.79 Å². The Bertz CT molecular complexity index is 720. The van der Waals surface area contributed by atoms with Gasteiger partial charge in [0, 0.05) is 11.8 Å². The van der Waals surface area contributed by atoms with Crippen molar-refractivity contribution in [1.29, 1.82) is 0 Å². The Morgan fingerprint density at radius 1 is 1.21 bits per heavy atom. The van der Waals surface area contributed by atoms with E-state index in [9.17, 15) is 4.79 Å². The molecular formula is C18H23N3O2S. The molecule has 0 saturated heterocycles. The third-order valence-corrected chi connectivity index (χ3v) is 6.47. The van der Waals surface area contributed by atoms with Crippen molar-refractivity contribution in [3.8, 4) is 0 Å². The van der Waals surface area contributed by atoms with E-state index in [2.05, 4.69) is 21.5 Å². The third kappa shape index (κ3) is 2.88. The molecule has 5 nitrogen and oxygen atoms in total. The van der Waals surface area contributed by atoms with Gasteiger partial charge >= 0.3 is 0 Å². The number of nitrogens with zero attached hydrogens (tertiary/aromatic N) is 2. The van der Waals surface area contributed by atoms with Gasteiger partial charge in [-0.15, -0.1) is 11.3 Å². The van der Waals surface area contributed by atoms with Gasteiger partial charge < -0.3 is 9.84 Å². The molecular weight excluding hydrogens is 322 g/mol. The molecule has 0 aliphatic heterocycles. The van der Waals surface area contributed by atoms with Crippen molar-refractivity contribution >= 4 is 17.2 Å². The fraction of sp³-hybridized carbons (Fsp3) is 0.611. The smallest absolute Gasteiger partial charge is 0.262 e. The number of fused-ring (bicyclic) bond motifs is 1. The Morgan fingerprint density at radius 2 is 2.00 bits per heavy atom. The molecule has 2 heterocycles. The van der Waals surface area contributed by atoms with Crippen LogP contribution < -0.4 is 5.32 Å². The number of aromatic nitrogens is 2. The minimum absolute atomic E-state index is 0.00824. The van der Waals surface area contributed by atoms with E-state index < -0.39 is 5.54 Å². The van der Waals surface area contributed by atoms with Crippen LogP contribution in [0.4, 0.5) is 0 Å². The minimum Gasteiger partial charge on any atom is -0.340 e. The summed E-state index contributed by atoms with van der Waals surface area (Å²) in [7, 11) is 0. The molecule has 1 N–H and O–H groups in total. The van der Waals surface area contributed by atoms with E-state index in [1.807, 2.05) is 0 Å². The average molecular weight is 345 g/mol. The van der Waals surface area contributed by atoms with E-state index in [1.165, 1.54) is 36.1 Å². The van der Waals surface area contributed by atoms with Crippen LogP contribution in [0, 0.1) is 6.92 Å². The summed E-state index contributed by atoms with van der Waals surface area (Å²) in [4.78, 5) is 19.4. The molecule has 4 rings (SSSR count). The Hall–Kier alpha value is -1.69. The van der Waals surface area contributed by atoms with Crippen molar-refractivity contribution in [3.05, 3.63) is 33.1 Å². The Kier molecular flexibility index (Phi) is 4.16. The molecule has 0 unspecified atom stereocenters. The van der Waals surface area contributed by atoms with Crippen molar-refractivity contribution in [1.82, 2.24) is 15.5 Å². The lowest BCUT2D eigenvalue weighted by atomic mass is 9.76. The lowest BCUT2D eigenvalue weighted by Crippen LogP contribution is -2.51. The number of hydrogen-bond acceptors (Lipinski definition) is 5. The Labute approximate surface area is 145 Å². The molecule has 0 aromatic carbocycles. The maximum absolute atomic E-state index is 12.8. The van der Waals surface area contributed by atoms with Crippen molar-refractivity contribution in [3.63, 3.8) is 0 Å². The fourth-order valence-corrected chi connectivity index (χ4v) is 4.81. The zero-order valence-corrected chi connectivity index (χ0v) is 14.9. The number of amides is 1. The van der Waals surface area contributed by atoms with E-state index in [4.69, 9.17) is 4.52 Å². The molecule has 2 aromatic heterocycles. The molecule has 128 valence electrons. The van der Waals surface area contributed by atoms with Gasteiger partial charge in [0.15, 0.2) is 5.82 Å². The number of hydrogen-bond donors (Lipinski definition) is 1. The highest BCUT2D eigenvalue weighted by atomic mass is 32.1. The highest BCUT2D eigenvalue weighted by molar-refractivity contribution is 7.14. The second kappa shape index (κ2) is 6.31. The highest BCUT2D eigenvalue weighted by Crippen LogP contribution is 2.40. The molecule has 0 radical (unpaired) electrons. The number of carbonyl (C=O) groups is 1. The van der Waals surface area contributed by atoms with Crippen LogP contribution in [-0.2, 0) is 18.4 Å². The zero-order chi connectivity index (χ0) is 16.6. The first kappa shape index (κ1) is 15.8. The van der Waals surface area contributed by atoms with Gasteiger partial charge in [-0.2, -0.15) is 4.98 Å². The van der Waals surface area contributed by atoms with Crippen LogP contribution in [0.15, 0.2) is 10.6 Å². The molecule has 0 bridgehead atoms. The molecule has 1 saturated carbocycles. The quantitative estimate of drug-likeness (QED) is 0.916. The van der Waals surface area contributed by atoms with E-state index in [0.717, 1.165) is 37.0 Å². The van der Waals surface area contributed by atoms with Gasteiger partial charge in [0.2, 0.25) is 5.89 Å². The molecule has 24 heavy (non-hydrogen) atoms. The average Bonchev–Trinajstić information content (AvgIpc) is 3.09. The second-order valence-corrected chi connectivity index (χ2v) is 8.14. The Balaban J connectivity index is 1.54. The standard InChI is InChI=1S/C18H23N3O2S/c1-12-19-17(21-23-12)18(9-6-10-18)20-16(22)15-11-13-7-4-2-3-5-8-14(13)24-15/h11H,2-10H2,1H3,(H,20,22). The second-order valence-electron chi connectivity index (χ2n) is 7.00. The van der Waals surface area contributed by atoms with Gasteiger partial charge in [0.25, 0.3) is 5.91 Å². The van der Waals surface area contributed by atoms with Crippen LogP contribution in [0.25, 0.3) is 0 Å². The van der Waals surface area contributed by atoms with Crippen molar-refractivity contribution < 1.29 is 9.32 Å². The van der Waals surface area contributed by atoms with Crippen molar-refractivity contribution in [2.45, 2.75) is 70.3 Å². The SMILES string of the molecule is Cc1nc(C2(NC(=O)c3cc4c(s3)CCCCCC4)CCC2)no1. The van der Waals surface area contributed by atoms with E-state index in [-0.39, 0.29) is 5.91 Å². The van der Waals surface area contributed by atoms with Crippen molar-refractivity contribution in [2.24, 2.45) is 0 Å². The molecule has 2 aliphatic rings. The maximum Gasteiger partial charge on any atom is 0.262 e. The predicted octanol–water partition coefficient (Wildman–Crippen LogP) is 3.91. The number of rotatable bonds is 3. The van der Waals surface area contributed by atoms with Gasteiger partial charge in [0.05, 0.1) is 4.88 Å². The minimum atomic E-state index is -0.437. The van der Waals surface area contributed by atoms with Gasteiger partial charge in [-0.1, -0.05) is 18.0 Å². The first-order chi connectivity index (χ1) is 11.7. The van der Waals surface area contributed by atoms with E-state index >= 15 is 0 Å². The molecule has 2 aromatic rings. The van der Waals surface area contributed by atoms with Crippen LogP contribution in [0.5, 0.6) is 0 Å². The van der Waals surface area contributed by atoms with Gasteiger partial charge in [0.1, 0.15) is 5.54 Å². The largest absolute Gasteiger partial charge is 0.340 e. The van der Waals surface area contributed by atoms with E-state index in [1.54, 1.807) is 18.3 Å². The number of nitrogens with one attached hydrogen (secondary N) is 1. The van der Waals surface area contributed by atoms with Crippen LogP contribution >= 0.6 is 11.3 Å². The molecule has 1 fully saturated rings. The molecule has 2 aliphatic carbocycles. The van der Waals surface area contributed by atoms with Crippen LogP contribution in [0.3, 0.4) is 0 Å². The van der Waals surface area contributed by atoms with Crippen molar-refractivity contribution in [2.75, 3.05) is 0 Å². The number of aryl methyl sites for hydroxylation is 3. The number of thiophene rings is 1. The van der Waals surface area contributed by atoms with Gasteiger partial charge in [-0.05, 0) is 56.6 Å². The normalized spacial score (nSPS) is 19.7. The van der Waals surface area contributed by atoms with Crippen LogP contribution in [-0.4, -0.2) is 16.0 Å². The summed E-state index contributed by atoms with van der Waals surface area (Å²) < 4.78 is 5.12. The number of carbonyl (C=O) groups excluding carboxylic acids is 1. The highest BCUT2D eigenvalue weighted by Gasteiger charge is 2.44. The first-order valence-corrected chi connectivity index (χ1v) is 9.73. The first-order valence-electron chi connectivity index (χ1n) is 8.91. The Morgan fingerprint density at radius 3 is 2.67 bits per heavy atom. The van der Waals surface area contributed by atoms with Crippen LogP contribution in [0.2, 0.25) is 0 Å². The maximum atomic E-state index is 12.8. The monoisotopic (exact) mass is 345 g/mol. The summed E-state index contributed by atoms with van der Waals surface area (Å²) >= 11 is 1.67. The van der Waals surface area contributed by atoms with Gasteiger partial charge in [-0.25, -0.2) is 0 Å². The summed E-state index contributed by atoms with van der Waals surface area (Å²) in [5, 5.41) is 7.25. The lowest BCUT2D eigenvalue weighted by molar-refractivity contribution is 0.0809. The summed E-state index contributed by atoms with van der Waals surface area (Å²) in [5.74, 6) is 1.17. The summed E-state index contributed by atoms with van der Waals surface area (Å²) in [6, 6.07) is 2.11. The fourth-order valence-electron chi connectivity index (χ4n) is 3.66. The zero-order valence-electron chi connectivity index (χ0n) is 14.1. The van der Waals surface area contributed by atoms with E-state index in [0.29, 0.717) is 11.7 Å². The third-order valence-electron chi connectivity index (χ3n) is 5.24. The van der Waals surface area contributed by atoms with Crippen LogP contribution in [0.1, 0.15) is 76.8 Å². The summed E-state index contributed by atoms with van der Waals surface area (Å²) in [6.07, 6.45) is 10.1. The summed E-state index contributed by atoms with van der Waals surface area (Å²) in [5.41, 5.74) is 0.940. The predicted molar refractivity (Wildman–Crippen MR) is 92.2 cm³/mol. The topological polar surface area (TPSA) is 68.0 Å². The molecule has 0 spiro atoms. The molecule has 1 amide bonds.